The molecular weight excluding hydrogens is 362 g/mol. The zero-order chi connectivity index (χ0) is 19.8. The summed E-state index contributed by atoms with van der Waals surface area (Å²) < 4.78 is 1.77. The molecule has 29 heavy (non-hydrogen) atoms. The molecule has 6 heteroatoms. The average molecular weight is 381 g/mol. The van der Waals surface area contributed by atoms with Gasteiger partial charge in [0.05, 0.1) is 17.1 Å². The third-order valence-corrected chi connectivity index (χ3v) is 5.06. The molecule has 3 aromatic heterocycles. The van der Waals surface area contributed by atoms with Crippen molar-refractivity contribution in [2.45, 2.75) is 6.54 Å². The van der Waals surface area contributed by atoms with Crippen LogP contribution in [0.3, 0.4) is 0 Å². The average Bonchev–Trinajstić information content (AvgIpc) is 3.18. The molecule has 0 saturated carbocycles. The van der Waals surface area contributed by atoms with Crippen molar-refractivity contribution in [3.05, 3.63) is 89.1 Å². The zero-order valence-electron chi connectivity index (χ0n) is 15.9. The van der Waals surface area contributed by atoms with E-state index in [1.54, 1.807) is 10.9 Å². The van der Waals surface area contributed by atoms with E-state index in [0.29, 0.717) is 17.4 Å². The Hall–Kier alpha value is -3.93. The largest absolute Gasteiger partial charge is 0.365 e. The predicted octanol–water partition coefficient (Wildman–Crippen LogP) is 4.09. The lowest BCUT2D eigenvalue weighted by atomic mass is 10.0. The van der Waals surface area contributed by atoms with Crippen molar-refractivity contribution in [2.75, 3.05) is 5.32 Å². The van der Waals surface area contributed by atoms with Gasteiger partial charge in [-0.05, 0) is 23.3 Å². The molecule has 0 saturated heterocycles. The molecule has 6 nitrogen and oxygen atoms in total. The second-order valence-corrected chi connectivity index (χ2v) is 7.03. The Labute approximate surface area is 166 Å². The number of benzene rings is 2. The SMILES string of the molecule is Cn1cc(-c2ccc3c(NCc4ccccc4)nc4cc[nH]c(=O)c4c3c2)cn1. The van der Waals surface area contributed by atoms with Crippen LogP contribution in [0, 0.1) is 0 Å². The van der Waals surface area contributed by atoms with E-state index in [-0.39, 0.29) is 5.56 Å². The van der Waals surface area contributed by atoms with E-state index in [0.717, 1.165) is 27.7 Å². The van der Waals surface area contributed by atoms with E-state index in [1.165, 1.54) is 5.56 Å². The topological polar surface area (TPSA) is 75.6 Å². The van der Waals surface area contributed by atoms with Gasteiger partial charge in [0.1, 0.15) is 5.82 Å². The molecule has 0 spiro atoms. The summed E-state index contributed by atoms with van der Waals surface area (Å²) in [5.41, 5.74) is 3.71. The maximum absolute atomic E-state index is 12.6. The highest BCUT2D eigenvalue weighted by Crippen LogP contribution is 2.31. The summed E-state index contributed by atoms with van der Waals surface area (Å²) in [5.74, 6) is 0.764. The minimum absolute atomic E-state index is 0.141. The van der Waals surface area contributed by atoms with Crippen LogP contribution in [0.4, 0.5) is 5.82 Å². The number of pyridine rings is 2. The number of hydrogen-bond donors (Lipinski definition) is 2. The second kappa shape index (κ2) is 6.91. The summed E-state index contributed by atoms with van der Waals surface area (Å²) in [6.45, 7) is 0.655. The molecule has 2 N–H and O–H groups in total. The summed E-state index contributed by atoms with van der Waals surface area (Å²) in [6, 6.07) is 18.1. The van der Waals surface area contributed by atoms with Crippen LogP contribution in [0.1, 0.15) is 5.56 Å². The first-order chi connectivity index (χ1) is 14.2. The van der Waals surface area contributed by atoms with E-state index in [1.807, 2.05) is 61.9 Å². The number of hydrogen-bond acceptors (Lipinski definition) is 4. The first-order valence-electron chi connectivity index (χ1n) is 9.41. The van der Waals surface area contributed by atoms with Gasteiger partial charge >= 0.3 is 0 Å². The van der Waals surface area contributed by atoms with Crippen molar-refractivity contribution < 1.29 is 0 Å². The van der Waals surface area contributed by atoms with Crippen molar-refractivity contribution in [3.63, 3.8) is 0 Å². The fourth-order valence-corrected chi connectivity index (χ4v) is 3.63. The molecule has 0 radical (unpaired) electrons. The fraction of sp³-hybridized carbons (Fsp3) is 0.0870. The molecule has 2 aromatic carbocycles. The van der Waals surface area contributed by atoms with E-state index in [9.17, 15) is 4.79 Å². The first-order valence-corrected chi connectivity index (χ1v) is 9.41. The molecule has 0 aliphatic heterocycles. The molecule has 0 fully saturated rings. The van der Waals surface area contributed by atoms with Gasteiger partial charge in [-0.25, -0.2) is 4.98 Å². The molecule has 0 unspecified atom stereocenters. The highest BCUT2D eigenvalue weighted by atomic mass is 16.1. The maximum atomic E-state index is 12.6. The normalized spacial score (nSPS) is 11.2. The van der Waals surface area contributed by atoms with Crippen LogP contribution < -0.4 is 10.9 Å². The van der Waals surface area contributed by atoms with E-state index in [4.69, 9.17) is 4.98 Å². The highest BCUT2D eigenvalue weighted by molar-refractivity contribution is 6.10. The van der Waals surface area contributed by atoms with Gasteiger partial charge < -0.3 is 10.3 Å². The molecule has 0 bridgehead atoms. The van der Waals surface area contributed by atoms with E-state index < -0.39 is 0 Å². The fourth-order valence-electron chi connectivity index (χ4n) is 3.63. The van der Waals surface area contributed by atoms with Gasteiger partial charge in [0, 0.05) is 42.3 Å². The van der Waals surface area contributed by atoms with Crippen LogP contribution in [0.15, 0.2) is 78.0 Å². The van der Waals surface area contributed by atoms with E-state index in [2.05, 4.69) is 27.5 Å². The number of H-pyrrole nitrogens is 1. The van der Waals surface area contributed by atoms with Crippen molar-refractivity contribution >= 4 is 27.5 Å². The number of aromatic amines is 1. The number of fused-ring (bicyclic) bond motifs is 3. The lowest BCUT2D eigenvalue weighted by molar-refractivity contribution is 0.768. The molecule has 0 atom stereocenters. The van der Waals surface area contributed by atoms with Gasteiger partial charge in [-0.2, -0.15) is 5.10 Å². The number of anilines is 1. The number of nitrogens with one attached hydrogen (secondary N) is 2. The smallest absolute Gasteiger partial charge is 0.258 e. The molecular formula is C23H19N5O. The molecule has 5 rings (SSSR count). The minimum Gasteiger partial charge on any atom is -0.365 e. The van der Waals surface area contributed by atoms with Crippen LogP contribution in [0.2, 0.25) is 0 Å². The van der Waals surface area contributed by atoms with E-state index >= 15 is 0 Å². The second-order valence-electron chi connectivity index (χ2n) is 7.03. The number of aromatic nitrogens is 4. The predicted molar refractivity (Wildman–Crippen MR) is 116 cm³/mol. The Balaban J connectivity index is 1.69. The van der Waals surface area contributed by atoms with Crippen LogP contribution in [0.5, 0.6) is 0 Å². The zero-order valence-corrected chi connectivity index (χ0v) is 15.9. The van der Waals surface area contributed by atoms with Gasteiger partial charge in [0.25, 0.3) is 5.56 Å². The summed E-state index contributed by atoms with van der Waals surface area (Å²) in [4.78, 5) is 20.1. The van der Waals surface area contributed by atoms with Crippen molar-refractivity contribution in [2.24, 2.45) is 7.05 Å². The molecule has 5 aromatic rings. The van der Waals surface area contributed by atoms with Crippen molar-refractivity contribution in [1.29, 1.82) is 0 Å². The van der Waals surface area contributed by atoms with Gasteiger partial charge in [-0.1, -0.05) is 42.5 Å². The Kier molecular flexibility index (Phi) is 4.09. The van der Waals surface area contributed by atoms with Crippen LogP contribution >= 0.6 is 0 Å². The monoisotopic (exact) mass is 381 g/mol. The lowest BCUT2D eigenvalue weighted by Crippen LogP contribution is -2.08. The Bertz CT molecular complexity index is 1390. The molecule has 142 valence electrons. The highest BCUT2D eigenvalue weighted by Gasteiger charge is 2.13. The lowest BCUT2D eigenvalue weighted by Gasteiger charge is -2.12. The van der Waals surface area contributed by atoms with Crippen molar-refractivity contribution in [3.8, 4) is 11.1 Å². The van der Waals surface area contributed by atoms with Gasteiger partial charge in [-0.15, -0.1) is 0 Å². The number of nitrogens with zero attached hydrogens (tertiary/aromatic N) is 3. The first kappa shape index (κ1) is 17.2. The molecule has 3 heterocycles. The third-order valence-electron chi connectivity index (χ3n) is 5.06. The van der Waals surface area contributed by atoms with Gasteiger partial charge in [0.15, 0.2) is 0 Å². The Morgan fingerprint density at radius 2 is 1.90 bits per heavy atom. The van der Waals surface area contributed by atoms with Gasteiger partial charge in [0.2, 0.25) is 0 Å². The van der Waals surface area contributed by atoms with Crippen molar-refractivity contribution in [1.82, 2.24) is 19.7 Å². The minimum atomic E-state index is -0.141. The quantitative estimate of drug-likeness (QED) is 0.460. The number of aryl methyl sites for hydroxylation is 1. The number of rotatable bonds is 4. The summed E-state index contributed by atoms with van der Waals surface area (Å²) in [7, 11) is 1.89. The molecule has 0 amide bonds. The summed E-state index contributed by atoms with van der Waals surface area (Å²) in [5, 5.41) is 10.1. The molecule has 0 aliphatic rings. The van der Waals surface area contributed by atoms with Crippen LogP contribution in [-0.2, 0) is 13.6 Å². The Morgan fingerprint density at radius 1 is 1.03 bits per heavy atom. The molecule has 0 aliphatic carbocycles. The summed E-state index contributed by atoms with van der Waals surface area (Å²) in [6.07, 6.45) is 5.42. The standard InChI is InChI=1S/C23H19N5O/c1-28-14-17(13-26-28)16-7-8-18-19(11-16)21-20(9-10-24-23(21)29)27-22(18)25-12-15-5-3-2-4-6-15/h2-11,13-14H,12H2,1H3,(H,24,29)(H,25,27). The van der Waals surface area contributed by atoms with Crippen LogP contribution in [0.25, 0.3) is 32.8 Å². The van der Waals surface area contributed by atoms with Gasteiger partial charge in [-0.3, -0.25) is 9.48 Å². The summed E-state index contributed by atoms with van der Waals surface area (Å²) >= 11 is 0. The Morgan fingerprint density at radius 3 is 2.69 bits per heavy atom. The maximum Gasteiger partial charge on any atom is 0.258 e. The van der Waals surface area contributed by atoms with Crippen LogP contribution in [-0.4, -0.2) is 19.7 Å². The third kappa shape index (κ3) is 3.14.